The van der Waals surface area contributed by atoms with Crippen LogP contribution in [0.3, 0.4) is 0 Å². The van der Waals surface area contributed by atoms with Crippen LogP contribution in [-0.4, -0.2) is 47.1 Å². The molecule has 4 aromatic carbocycles. The van der Waals surface area contributed by atoms with Crippen LogP contribution in [0.5, 0.6) is 23.0 Å². The molecule has 16 heteroatoms. The molecule has 12 nitrogen and oxygen atoms in total. The van der Waals surface area contributed by atoms with Crippen molar-refractivity contribution >= 4 is 67.7 Å². The van der Waals surface area contributed by atoms with Gasteiger partial charge >= 0.3 is 0 Å². The summed E-state index contributed by atoms with van der Waals surface area (Å²) in [5.74, 6) is 5.54. The summed E-state index contributed by atoms with van der Waals surface area (Å²) >= 11 is 5.36. The zero-order valence-electron chi connectivity index (χ0n) is 63.0. The van der Waals surface area contributed by atoms with Gasteiger partial charge in [0.25, 0.3) is 0 Å². The fourth-order valence-electron chi connectivity index (χ4n) is 14.0. The summed E-state index contributed by atoms with van der Waals surface area (Å²) in [6.45, 7) is 11.4. The second-order valence-electron chi connectivity index (χ2n) is 28.4. The summed E-state index contributed by atoms with van der Waals surface area (Å²) < 4.78 is 29.4. The minimum atomic E-state index is 0.0721. The molecule has 560 valence electrons. The maximum atomic E-state index is 8.45. The van der Waals surface area contributed by atoms with Crippen molar-refractivity contribution in [1.29, 1.82) is 21.6 Å². The topological polar surface area (TPSA) is 236 Å². The standard InChI is InChI=1S/C84H136N8O4S4/c1-5-9-13-17-21-25-29-33-37-41-45-93-77-69-49-65(61-97-81(85)86)50-70(77)58-72-52-67(63-99-83(89)90)54-74(79(72)95-47-43-39-35-31-27-23-19-15-11-7-3)60-76-56-68(64-100-84(91)92)55-75(80(76)96-48-44-40-36-32-28-24-20-16-12-8-4)59-73-53-66(62-98-82(87)88)51-71(57-69)78(73)94-46-42-38-34-30-26-22-18-14-10-6-2/h49-56H,5-48,57-64H2,1-4H3,(H3,85,86)(H3,87,88)(H3,89,90)(H3,91,92). The van der Waals surface area contributed by atoms with Crippen LogP contribution in [-0.2, 0) is 48.7 Å². The molecule has 5 rings (SSSR count). The summed E-state index contributed by atoms with van der Waals surface area (Å²) in [5.41, 5.74) is 37.3. The Morgan fingerprint density at radius 1 is 0.250 bits per heavy atom. The van der Waals surface area contributed by atoms with E-state index in [1.807, 2.05) is 0 Å². The van der Waals surface area contributed by atoms with Gasteiger partial charge in [0.05, 0.1) is 26.4 Å². The normalized spacial score (nSPS) is 12.0. The van der Waals surface area contributed by atoms with E-state index >= 15 is 0 Å². The molecule has 100 heavy (non-hydrogen) atoms. The van der Waals surface area contributed by atoms with Crippen LogP contribution in [0.25, 0.3) is 0 Å². The number of amidine groups is 4. The third-order valence-corrected chi connectivity index (χ3v) is 22.4. The third-order valence-electron chi connectivity index (χ3n) is 19.3. The lowest BCUT2D eigenvalue weighted by Crippen LogP contribution is -2.12. The van der Waals surface area contributed by atoms with Crippen LogP contribution >= 0.6 is 47.0 Å². The van der Waals surface area contributed by atoms with Crippen LogP contribution in [0.2, 0.25) is 0 Å². The number of nitrogens with two attached hydrogens (primary N) is 4. The Kier molecular flexibility index (Phi) is 46.5. The molecule has 0 fully saturated rings. The summed E-state index contributed by atoms with van der Waals surface area (Å²) in [6, 6.07) is 18.3. The van der Waals surface area contributed by atoms with Crippen LogP contribution in [0, 0.1) is 21.6 Å². The Hall–Kier alpha value is -4.64. The van der Waals surface area contributed by atoms with E-state index in [-0.39, 0.29) is 20.7 Å². The molecule has 0 aromatic heterocycles. The Labute approximate surface area is 625 Å². The second kappa shape index (κ2) is 54.0. The fraction of sp³-hybridized carbons (Fsp3) is 0.667. The Bertz CT molecular complexity index is 2480. The van der Waals surface area contributed by atoms with E-state index in [1.165, 1.54) is 253 Å². The highest BCUT2D eigenvalue weighted by Gasteiger charge is 2.26. The van der Waals surface area contributed by atoms with E-state index in [0.717, 1.165) is 141 Å². The molecule has 1 aliphatic rings. The van der Waals surface area contributed by atoms with Crippen LogP contribution in [0.1, 0.15) is 351 Å². The fourth-order valence-corrected chi connectivity index (χ4v) is 15.9. The van der Waals surface area contributed by atoms with E-state index in [2.05, 4.69) is 76.2 Å². The predicted octanol–water partition coefficient (Wildman–Crippen LogP) is 24.1. The summed E-state index contributed by atoms with van der Waals surface area (Å²) in [6.07, 6.45) is 51.2. The molecule has 0 radical (unpaired) electrons. The van der Waals surface area contributed by atoms with Crippen molar-refractivity contribution in [2.24, 2.45) is 22.9 Å². The molecule has 8 bridgehead atoms. The molecule has 0 unspecified atom stereocenters. The van der Waals surface area contributed by atoms with Gasteiger partial charge in [0.15, 0.2) is 20.7 Å². The predicted molar refractivity (Wildman–Crippen MR) is 439 cm³/mol. The number of fused-ring (bicyclic) bond motifs is 8. The average Bonchev–Trinajstić information content (AvgIpc) is 0.782. The van der Waals surface area contributed by atoms with Crippen LogP contribution < -0.4 is 41.9 Å². The molecule has 0 saturated heterocycles. The number of unbranched alkanes of at least 4 members (excludes halogenated alkanes) is 36. The average molecular weight is 1450 g/mol. The summed E-state index contributed by atoms with van der Waals surface area (Å²) in [5, 5.41) is 34.1. The molecule has 0 heterocycles. The minimum Gasteiger partial charge on any atom is -0.493 e. The van der Waals surface area contributed by atoms with Crippen molar-refractivity contribution in [2.45, 2.75) is 333 Å². The maximum absolute atomic E-state index is 8.45. The Balaban J connectivity index is 1.76. The number of thioether (sulfide) groups is 4. The number of nitrogens with one attached hydrogen (secondary N) is 4. The molecule has 0 atom stereocenters. The molecule has 4 aromatic rings. The Morgan fingerprint density at radius 2 is 0.390 bits per heavy atom. The maximum Gasteiger partial charge on any atom is 0.151 e. The lowest BCUT2D eigenvalue weighted by Gasteiger charge is -2.25. The molecule has 12 N–H and O–H groups in total. The first-order valence-corrected chi connectivity index (χ1v) is 43.7. The van der Waals surface area contributed by atoms with Gasteiger partial charge in [-0.15, -0.1) is 0 Å². The molecule has 0 spiro atoms. The first-order chi connectivity index (χ1) is 48.8. The van der Waals surface area contributed by atoms with Gasteiger partial charge < -0.3 is 41.9 Å². The van der Waals surface area contributed by atoms with E-state index in [0.29, 0.717) is 75.1 Å². The first-order valence-electron chi connectivity index (χ1n) is 39.8. The highest BCUT2D eigenvalue weighted by atomic mass is 32.2. The lowest BCUT2D eigenvalue weighted by atomic mass is 9.88. The SMILES string of the molecule is CCCCCCCCCCCCOc1c2cc(CSC(=N)N)cc1Cc1cc(CSC(=N)N)cc(c1OCCCCCCCCCCCC)Cc1cc(CSC(=N)N)cc(c1OCCCCCCCCCCCC)Cc1cc(CSC(=N)N)cc(c1OCCCCCCCCCCCC)C2. The monoisotopic (exact) mass is 1450 g/mol. The van der Waals surface area contributed by atoms with E-state index in [1.54, 1.807) is 0 Å². The minimum absolute atomic E-state index is 0.0721. The van der Waals surface area contributed by atoms with Gasteiger partial charge in [0.1, 0.15) is 23.0 Å². The molecular weight excluding hydrogens is 1310 g/mol. The van der Waals surface area contributed by atoms with E-state index in [9.17, 15) is 0 Å². The highest BCUT2D eigenvalue weighted by Crippen LogP contribution is 2.43. The number of ether oxygens (including phenoxy) is 4. The summed E-state index contributed by atoms with van der Waals surface area (Å²) in [4.78, 5) is 0. The van der Waals surface area contributed by atoms with Crippen molar-refractivity contribution in [3.63, 3.8) is 0 Å². The first kappa shape index (κ1) is 86.0. The lowest BCUT2D eigenvalue weighted by molar-refractivity contribution is 0.292. The number of benzene rings is 4. The Morgan fingerprint density at radius 3 is 0.530 bits per heavy atom. The third kappa shape index (κ3) is 36.7. The van der Waals surface area contributed by atoms with Crippen molar-refractivity contribution < 1.29 is 18.9 Å². The summed E-state index contributed by atoms with van der Waals surface area (Å²) in [7, 11) is 0. The van der Waals surface area contributed by atoms with Crippen molar-refractivity contribution in [1.82, 2.24) is 0 Å². The molecule has 0 saturated carbocycles. The highest BCUT2D eigenvalue weighted by molar-refractivity contribution is 8.13. The van der Waals surface area contributed by atoms with Crippen molar-refractivity contribution in [3.8, 4) is 23.0 Å². The number of hydrogen-bond donors (Lipinski definition) is 8. The van der Waals surface area contributed by atoms with E-state index < -0.39 is 0 Å². The zero-order chi connectivity index (χ0) is 71.6. The second-order valence-corrected chi connectivity index (χ2v) is 32.5. The van der Waals surface area contributed by atoms with Gasteiger partial charge in [-0.25, -0.2) is 0 Å². The van der Waals surface area contributed by atoms with Gasteiger partial charge in [-0.05, 0) is 92.4 Å². The van der Waals surface area contributed by atoms with Crippen LogP contribution in [0.4, 0.5) is 0 Å². The van der Waals surface area contributed by atoms with Gasteiger partial charge in [-0.1, -0.05) is 354 Å². The molecule has 1 aliphatic carbocycles. The largest absolute Gasteiger partial charge is 0.493 e. The van der Waals surface area contributed by atoms with E-state index in [4.69, 9.17) is 63.5 Å². The molecule has 0 amide bonds. The number of rotatable bonds is 56. The van der Waals surface area contributed by atoms with Gasteiger partial charge in [-0.3, -0.25) is 21.6 Å². The van der Waals surface area contributed by atoms with Crippen molar-refractivity contribution in [2.75, 3.05) is 26.4 Å². The smallest absolute Gasteiger partial charge is 0.151 e. The molecule has 0 aliphatic heterocycles. The number of hydrogen-bond acceptors (Lipinski definition) is 12. The van der Waals surface area contributed by atoms with Gasteiger partial charge in [-0.2, -0.15) is 0 Å². The van der Waals surface area contributed by atoms with Crippen molar-refractivity contribution in [3.05, 3.63) is 115 Å². The molecular formula is C84H136N8O4S4. The quantitative estimate of drug-likeness (QED) is 0.0103. The van der Waals surface area contributed by atoms with Crippen LogP contribution in [0.15, 0.2) is 48.5 Å². The van der Waals surface area contributed by atoms with Gasteiger partial charge in [0.2, 0.25) is 0 Å². The zero-order valence-corrected chi connectivity index (χ0v) is 66.2. The van der Waals surface area contributed by atoms with Gasteiger partial charge in [0, 0.05) is 48.7 Å².